The predicted molar refractivity (Wildman–Crippen MR) is 222 cm³/mol. The van der Waals surface area contributed by atoms with Crippen LogP contribution in [0.2, 0.25) is 0 Å². The molecule has 0 radical (unpaired) electrons. The van der Waals surface area contributed by atoms with Crippen molar-refractivity contribution in [2.24, 2.45) is 0 Å². The number of pyridine rings is 3. The third-order valence-electron chi connectivity index (χ3n) is 9.85. The number of aromatic nitrogens is 3. The van der Waals surface area contributed by atoms with Crippen molar-refractivity contribution in [3.8, 4) is 68.0 Å². The molecule has 3 aromatic carbocycles. The first-order chi connectivity index (χ1) is 27.8. The zero-order valence-electron chi connectivity index (χ0n) is 32.5. The van der Waals surface area contributed by atoms with Gasteiger partial charge in [0.25, 0.3) is 0 Å². The van der Waals surface area contributed by atoms with E-state index >= 15 is 0 Å². The van der Waals surface area contributed by atoms with Crippen LogP contribution in [0, 0.1) is 18.2 Å². The normalized spacial score (nSPS) is 15.0. The summed E-state index contributed by atoms with van der Waals surface area (Å²) in [6, 6.07) is 42.1. The van der Waals surface area contributed by atoms with E-state index in [0.29, 0.717) is 26.4 Å². The van der Waals surface area contributed by atoms with Gasteiger partial charge < -0.3 is 23.9 Å². The van der Waals surface area contributed by atoms with Crippen LogP contribution in [-0.2, 0) is 20.1 Å². The third kappa shape index (κ3) is 12.5. The van der Waals surface area contributed by atoms with E-state index in [0.717, 1.165) is 132 Å². The molecule has 294 valence electrons. The van der Waals surface area contributed by atoms with Crippen LogP contribution in [-0.4, -0.2) is 41.4 Å². The van der Waals surface area contributed by atoms with E-state index in [2.05, 4.69) is 28.2 Å². The van der Waals surface area contributed by atoms with Crippen LogP contribution >= 0.6 is 0 Å². The second kappa shape index (κ2) is 22.6. The van der Waals surface area contributed by atoms with Gasteiger partial charge in [0.1, 0.15) is 11.5 Å². The fourth-order valence-corrected chi connectivity index (χ4v) is 6.78. The largest absolute Gasteiger partial charge is 3.00 e. The second-order valence-electron chi connectivity index (χ2n) is 14.1. The van der Waals surface area contributed by atoms with Crippen molar-refractivity contribution in [3.05, 3.63) is 128 Å². The van der Waals surface area contributed by atoms with Gasteiger partial charge in [0.15, 0.2) is 0 Å². The van der Waals surface area contributed by atoms with Crippen molar-refractivity contribution in [1.82, 2.24) is 15.0 Å². The van der Waals surface area contributed by atoms with Gasteiger partial charge in [-0.15, -0.1) is 83.9 Å². The van der Waals surface area contributed by atoms with Gasteiger partial charge in [-0.1, -0.05) is 80.7 Å². The Balaban J connectivity index is 0.00000549. The van der Waals surface area contributed by atoms with Crippen LogP contribution in [0.3, 0.4) is 0 Å². The predicted octanol–water partition coefficient (Wildman–Crippen LogP) is 11.8. The van der Waals surface area contributed by atoms with Crippen molar-refractivity contribution in [2.75, 3.05) is 26.4 Å². The maximum Gasteiger partial charge on any atom is 3.00 e. The first kappa shape index (κ1) is 41.6. The topological polar surface area (TPSA) is 75.6 Å². The smallest absolute Gasteiger partial charge is 0.537 e. The third-order valence-corrected chi connectivity index (χ3v) is 9.85. The summed E-state index contributed by atoms with van der Waals surface area (Å²) in [6.45, 7) is 2.67. The van der Waals surface area contributed by atoms with E-state index in [4.69, 9.17) is 23.9 Å². The van der Waals surface area contributed by atoms with E-state index < -0.39 is 0 Å². The van der Waals surface area contributed by atoms with Crippen LogP contribution in [0.25, 0.3) is 45.0 Å². The standard InChI is InChI=1S/C49H50N3O4.Ir/c1-3-7-11-35-55-46-21-15-31-50-48(46)40-17-13-18-41(37-40)49-47(22-16-32-51-49)56-36-12-8-4-2-6-10-34-54-43-29-25-39(26-30-43)45-20-14-19-44(52-45)38-23-27-42(28-24-38)53-33-9-5-1;/h13-23,25,27-32H,1-12,33-36H2;/q-3;+3. The minimum Gasteiger partial charge on any atom is -0.537 e. The maximum absolute atomic E-state index is 6.27. The quantitative estimate of drug-likeness (QED) is 0.140. The fourth-order valence-electron chi connectivity index (χ4n) is 6.78. The molecule has 0 N–H and O–H groups in total. The van der Waals surface area contributed by atoms with Crippen molar-refractivity contribution >= 4 is 0 Å². The number of nitrogens with zero attached hydrogens (tertiary/aromatic N) is 3. The van der Waals surface area contributed by atoms with Crippen molar-refractivity contribution in [2.45, 2.75) is 77.0 Å². The molecule has 10 rings (SSSR count). The molecule has 0 saturated heterocycles. The molecule has 8 heteroatoms. The molecule has 4 aliphatic heterocycles. The average molecular weight is 937 g/mol. The summed E-state index contributed by atoms with van der Waals surface area (Å²) in [7, 11) is 0. The minimum atomic E-state index is 0. The maximum atomic E-state index is 6.27. The van der Waals surface area contributed by atoms with E-state index in [9.17, 15) is 0 Å². The molecule has 57 heavy (non-hydrogen) atoms. The summed E-state index contributed by atoms with van der Waals surface area (Å²) in [5.41, 5.74) is 6.90. The van der Waals surface area contributed by atoms with Gasteiger partial charge in [-0.25, -0.2) is 0 Å². The van der Waals surface area contributed by atoms with Gasteiger partial charge in [-0.2, -0.15) is 0 Å². The Bertz CT molecular complexity index is 1950. The Morgan fingerprint density at radius 3 is 1.26 bits per heavy atom. The van der Waals surface area contributed by atoms with Gasteiger partial charge >= 0.3 is 20.1 Å². The van der Waals surface area contributed by atoms with Crippen LogP contribution in [0.15, 0.2) is 109 Å². The van der Waals surface area contributed by atoms with E-state index in [-0.39, 0.29) is 20.1 Å². The molecule has 0 unspecified atom stereocenters. The van der Waals surface area contributed by atoms with Crippen LogP contribution in [0.5, 0.6) is 23.0 Å². The van der Waals surface area contributed by atoms with E-state index in [1.807, 2.05) is 97.1 Å². The second-order valence-corrected chi connectivity index (χ2v) is 14.1. The monoisotopic (exact) mass is 937 g/mol. The number of rotatable bonds is 0. The van der Waals surface area contributed by atoms with Gasteiger partial charge in [-0.3, -0.25) is 9.97 Å². The molecule has 3 aromatic heterocycles. The Labute approximate surface area is 351 Å². The molecular weight excluding hydrogens is 887 g/mol. The number of ether oxygens (including phenoxy) is 4. The molecule has 8 bridgehead atoms. The summed E-state index contributed by atoms with van der Waals surface area (Å²) >= 11 is 0. The Kier molecular flexibility index (Phi) is 16.5. The number of hydrogen-bond donors (Lipinski definition) is 0. The first-order valence-electron chi connectivity index (χ1n) is 20.3. The molecule has 7 nitrogen and oxygen atoms in total. The Hall–Kier alpha value is -5.04. The van der Waals surface area contributed by atoms with Crippen molar-refractivity contribution < 1.29 is 39.1 Å². The van der Waals surface area contributed by atoms with Gasteiger partial charge in [0.05, 0.1) is 26.4 Å². The Morgan fingerprint density at radius 2 is 0.825 bits per heavy atom. The first-order valence-corrected chi connectivity index (χ1v) is 20.3. The average Bonchev–Trinajstić information content (AvgIpc) is 3.25. The molecule has 0 amide bonds. The van der Waals surface area contributed by atoms with Crippen molar-refractivity contribution in [3.63, 3.8) is 0 Å². The van der Waals surface area contributed by atoms with Gasteiger partial charge in [-0.05, 0) is 61.3 Å². The van der Waals surface area contributed by atoms with Crippen LogP contribution in [0.1, 0.15) is 77.0 Å². The van der Waals surface area contributed by atoms with Crippen molar-refractivity contribution in [1.29, 1.82) is 0 Å². The molecular formula is C49H50IrN3O4. The molecule has 0 aliphatic carbocycles. The Morgan fingerprint density at radius 1 is 0.404 bits per heavy atom. The number of benzene rings is 3. The zero-order chi connectivity index (χ0) is 38.0. The fraction of sp³-hybridized carbons (Fsp3) is 0.327. The minimum absolute atomic E-state index is 0. The van der Waals surface area contributed by atoms with E-state index in [1.165, 1.54) is 12.8 Å². The SMILES string of the molecule is [Ir+3].[c-]1cc2ccc1-c1cccc(n1)-c1[c-]cc(cc1)OCCCCCCCCOc1cccnc1-c1[c-]c(ccc1)-c1ncccc1OCCCCCCCCO2. The molecule has 4 aliphatic rings. The zero-order valence-corrected chi connectivity index (χ0v) is 34.9. The molecule has 0 saturated carbocycles. The summed E-state index contributed by atoms with van der Waals surface area (Å²) < 4.78 is 24.6. The van der Waals surface area contributed by atoms with Gasteiger partial charge in [0.2, 0.25) is 0 Å². The van der Waals surface area contributed by atoms with Crippen LogP contribution < -0.4 is 18.9 Å². The summed E-state index contributed by atoms with van der Waals surface area (Å²) in [5, 5.41) is 0. The van der Waals surface area contributed by atoms with E-state index in [1.54, 1.807) is 12.4 Å². The molecule has 7 heterocycles. The van der Waals surface area contributed by atoms with Crippen LogP contribution in [0.4, 0.5) is 0 Å². The summed E-state index contributed by atoms with van der Waals surface area (Å²) in [6.07, 6.45) is 16.8. The molecule has 0 fully saturated rings. The summed E-state index contributed by atoms with van der Waals surface area (Å²) in [5.74, 6) is 3.19. The summed E-state index contributed by atoms with van der Waals surface area (Å²) in [4.78, 5) is 14.3. The van der Waals surface area contributed by atoms with Gasteiger partial charge in [0, 0.05) is 35.3 Å². The molecule has 0 atom stereocenters. The molecule has 6 aromatic rings. The molecule has 0 spiro atoms. The number of hydrogen-bond acceptors (Lipinski definition) is 7.